The van der Waals surface area contributed by atoms with Crippen LogP contribution in [-0.4, -0.2) is 24.9 Å². The summed E-state index contributed by atoms with van der Waals surface area (Å²) in [5.74, 6) is 1.73. The normalized spacial score (nSPS) is 16.5. The van der Waals surface area contributed by atoms with Crippen molar-refractivity contribution in [1.82, 2.24) is 5.32 Å². The summed E-state index contributed by atoms with van der Waals surface area (Å²) < 4.78 is 5.54. The van der Waals surface area contributed by atoms with Gasteiger partial charge in [0.2, 0.25) is 0 Å². The Labute approximate surface area is 116 Å². The highest BCUT2D eigenvalue weighted by atomic mass is 16.5. The third-order valence-corrected chi connectivity index (χ3v) is 3.79. The summed E-state index contributed by atoms with van der Waals surface area (Å²) in [5.41, 5.74) is 1.17. The fraction of sp³-hybridized carbons (Fsp3) is 0.625. The number of rotatable bonds is 7. The summed E-state index contributed by atoms with van der Waals surface area (Å²) in [6.07, 6.45) is 6.94. The quantitative estimate of drug-likeness (QED) is 0.795. The molecule has 19 heavy (non-hydrogen) atoms. The molecule has 0 atom stereocenters. The van der Waals surface area contributed by atoms with E-state index in [0.29, 0.717) is 6.61 Å². The topological polar surface area (TPSA) is 41.5 Å². The van der Waals surface area contributed by atoms with Crippen molar-refractivity contribution in [2.75, 3.05) is 19.8 Å². The molecule has 1 aliphatic rings. The van der Waals surface area contributed by atoms with Crippen LogP contribution in [0.5, 0.6) is 5.75 Å². The van der Waals surface area contributed by atoms with Gasteiger partial charge in [-0.15, -0.1) is 0 Å². The van der Waals surface area contributed by atoms with E-state index in [2.05, 4.69) is 11.4 Å². The number of nitrogens with one attached hydrogen (secondary N) is 1. The van der Waals surface area contributed by atoms with Gasteiger partial charge >= 0.3 is 0 Å². The van der Waals surface area contributed by atoms with Crippen LogP contribution in [0.1, 0.15) is 37.7 Å². The second-order valence-corrected chi connectivity index (χ2v) is 5.31. The summed E-state index contributed by atoms with van der Waals surface area (Å²) >= 11 is 0. The van der Waals surface area contributed by atoms with E-state index in [4.69, 9.17) is 9.84 Å². The van der Waals surface area contributed by atoms with Gasteiger partial charge < -0.3 is 15.2 Å². The van der Waals surface area contributed by atoms with Gasteiger partial charge in [-0.1, -0.05) is 37.5 Å². The van der Waals surface area contributed by atoms with Crippen LogP contribution in [0.25, 0.3) is 0 Å². The van der Waals surface area contributed by atoms with Crippen LogP contribution in [0.2, 0.25) is 0 Å². The smallest absolute Gasteiger partial charge is 0.123 e. The monoisotopic (exact) mass is 263 g/mol. The van der Waals surface area contributed by atoms with Gasteiger partial charge in [0.1, 0.15) is 12.4 Å². The molecule has 0 bridgehead atoms. The molecular formula is C16H25NO2. The minimum atomic E-state index is 0.0594. The molecule has 0 aromatic heterocycles. The lowest BCUT2D eigenvalue weighted by Gasteiger charge is -2.22. The molecule has 1 aromatic rings. The van der Waals surface area contributed by atoms with Crippen molar-refractivity contribution in [1.29, 1.82) is 0 Å². The average molecular weight is 263 g/mol. The van der Waals surface area contributed by atoms with Crippen molar-refractivity contribution in [3.05, 3.63) is 29.8 Å². The fourth-order valence-corrected chi connectivity index (χ4v) is 2.75. The number of hydrogen-bond donors (Lipinski definition) is 2. The molecule has 0 heterocycles. The molecule has 0 unspecified atom stereocenters. The molecule has 2 rings (SSSR count). The average Bonchev–Trinajstić information content (AvgIpc) is 2.47. The van der Waals surface area contributed by atoms with E-state index in [1.807, 2.05) is 18.2 Å². The lowest BCUT2D eigenvalue weighted by atomic mass is 9.89. The molecule has 3 heteroatoms. The first-order chi connectivity index (χ1) is 9.40. The summed E-state index contributed by atoms with van der Waals surface area (Å²) in [6.45, 7) is 2.37. The second-order valence-electron chi connectivity index (χ2n) is 5.31. The maximum atomic E-state index is 8.82. The van der Waals surface area contributed by atoms with Crippen molar-refractivity contribution in [3.63, 3.8) is 0 Å². The summed E-state index contributed by atoms with van der Waals surface area (Å²) in [4.78, 5) is 0. The van der Waals surface area contributed by atoms with Crippen molar-refractivity contribution < 1.29 is 9.84 Å². The summed E-state index contributed by atoms with van der Waals surface area (Å²) in [5, 5.41) is 12.4. The number of para-hydroxylation sites is 1. The fourth-order valence-electron chi connectivity index (χ4n) is 2.75. The van der Waals surface area contributed by atoms with Crippen molar-refractivity contribution in [3.8, 4) is 5.75 Å². The zero-order valence-corrected chi connectivity index (χ0v) is 11.6. The molecule has 0 radical (unpaired) electrons. The number of aliphatic hydroxyl groups excluding tert-OH is 1. The Morgan fingerprint density at radius 1 is 1.16 bits per heavy atom. The largest absolute Gasteiger partial charge is 0.491 e. The van der Waals surface area contributed by atoms with Gasteiger partial charge in [-0.2, -0.15) is 0 Å². The Kier molecular flexibility index (Phi) is 6.18. The minimum Gasteiger partial charge on any atom is -0.491 e. The number of ether oxygens (including phenoxy) is 1. The van der Waals surface area contributed by atoms with Gasteiger partial charge in [-0.25, -0.2) is 0 Å². The maximum absolute atomic E-state index is 8.82. The Balaban J connectivity index is 1.77. The lowest BCUT2D eigenvalue weighted by Crippen LogP contribution is -2.24. The van der Waals surface area contributed by atoms with E-state index in [1.54, 1.807) is 0 Å². The second kappa shape index (κ2) is 8.18. The van der Waals surface area contributed by atoms with Crippen LogP contribution in [0.4, 0.5) is 0 Å². The number of benzene rings is 1. The molecule has 3 nitrogen and oxygen atoms in total. The van der Waals surface area contributed by atoms with Crippen molar-refractivity contribution in [2.45, 2.75) is 38.6 Å². The highest BCUT2D eigenvalue weighted by molar-refractivity contribution is 5.33. The van der Waals surface area contributed by atoms with Crippen LogP contribution >= 0.6 is 0 Å². The Bertz CT molecular complexity index is 362. The zero-order valence-electron chi connectivity index (χ0n) is 11.6. The van der Waals surface area contributed by atoms with Crippen LogP contribution in [-0.2, 0) is 6.54 Å². The SMILES string of the molecule is OCCOc1ccccc1CNCC1CCCCC1. The van der Waals surface area contributed by atoms with Crippen LogP contribution in [0.15, 0.2) is 24.3 Å². The van der Waals surface area contributed by atoms with Crippen LogP contribution < -0.4 is 10.1 Å². The van der Waals surface area contributed by atoms with Gasteiger partial charge in [0.15, 0.2) is 0 Å². The van der Waals surface area contributed by atoms with Crippen LogP contribution in [0.3, 0.4) is 0 Å². The molecule has 0 amide bonds. The van der Waals surface area contributed by atoms with Crippen molar-refractivity contribution >= 4 is 0 Å². The van der Waals surface area contributed by atoms with Gasteiger partial charge in [0.05, 0.1) is 6.61 Å². The molecule has 0 saturated heterocycles. The lowest BCUT2D eigenvalue weighted by molar-refractivity contribution is 0.200. The van der Waals surface area contributed by atoms with E-state index >= 15 is 0 Å². The molecule has 106 valence electrons. The van der Waals surface area contributed by atoms with Gasteiger partial charge in [-0.05, 0) is 31.4 Å². The van der Waals surface area contributed by atoms with E-state index < -0.39 is 0 Å². The zero-order chi connectivity index (χ0) is 13.3. The van der Waals surface area contributed by atoms with E-state index in [-0.39, 0.29) is 6.61 Å². The summed E-state index contributed by atoms with van der Waals surface area (Å²) in [6, 6.07) is 8.05. The van der Waals surface area contributed by atoms with Gasteiger partial charge in [0.25, 0.3) is 0 Å². The Morgan fingerprint density at radius 3 is 2.74 bits per heavy atom. The third kappa shape index (κ3) is 4.84. The van der Waals surface area contributed by atoms with E-state index in [1.165, 1.54) is 37.7 Å². The molecule has 1 saturated carbocycles. The Hall–Kier alpha value is -1.06. The van der Waals surface area contributed by atoms with E-state index in [9.17, 15) is 0 Å². The molecule has 1 fully saturated rings. The first-order valence-corrected chi connectivity index (χ1v) is 7.42. The van der Waals surface area contributed by atoms with E-state index in [0.717, 1.165) is 24.8 Å². The van der Waals surface area contributed by atoms with Gasteiger partial charge in [-0.3, -0.25) is 0 Å². The standard InChI is InChI=1S/C16H25NO2/c18-10-11-19-16-9-5-4-8-15(16)13-17-12-14-6-2-1-3-7-14/h4-5,8-9,14,17-18H,1-3,6-7,10-13H2. The predicted octanol–water partition coefficient (Wildman–Crippen LogP) is 2.73. The minimum absolute atomic E-state index is 0.0594. The molecule has 1 aromatic carbocycles. The Morgan fingerprint density at radius 2 is 1.95 bits per heavy atom. The number of hydrogen-bond acceptors (Lipinski definition) is 3. The molecule has 2 N–H and O–H groups in total. The summed E-state index contributed by atoms with van der Waals surface area (Å²) in [7, 11) is 0. The maximum Gasteiger partial charge on any atom is 0.123 e. The highest BCUT2D eigenvalue weighted by Crippen LogP contribution is 2.23. The molecule has 0 aliphatic heterocycles. The van der Waals surface area contributed by atoms with Crippen molar-refractivity contribution in [2.24, 2.45) is 5.92 Å². The van der Waals surface area contributed by atoms with Gasteiger partial charge in [0, 0.05) is 12.1 Å². The van der Waals surface area contributed by atoms with Crippen LogP contribution in [0, 0.1) is 5.92 Å². The third-order valence-electron chi connectivity index (χ3n) is 3.79. The molecule has 0 spiro atoms. The highest BCUT2D eigenvalue weighted by Gasteiger charge is 2.12. The first kappa shape index (κ1) is 14.4. The predicted molar refractivity (Wildman–Crippen MR) is 77.3 cm³/mol. The number of aliphatic hydroxyl groups is 1. The first-order valence-electron chi connectivity index (χ1n) is 7.42. The molecule has 1 aliphatic carbocycles. The molecular weight excluding hydrogens is 238 g/mol.